The van der Waals surface area contributed by atoms with Crippen LogP contribution in [-0.4, -0.2) is 26.3 Å². The third-order valence-electron chi connectivity index (χ3n) is 5.68. The SMILES string of the molecule is Cc1nnc2n1-c1ccc(-c3ccc(=O)[nH]c3)cc1N(c1ccc(C#N)cc1)CC2C. The lowest BCUT2D eigenvalue weighted by Gasteiger charge is -2.27. The predicted octanol–water partition coefficient (Wildman–Crippen LogP) is 4.06. The van der Waals surface area contributed by atoms with Crippen LogP contribution in [0.25, 0.3) is 16.8 Å². The second-order valence-electron chi connectivity index (χ2n) is 7.76. The van der Waals surface area contributed by atoms with Crippen LogP contribution in [-0.2, 0) is 0 Å². The van der Waals surface area contributed by atoms with Crippen molar-refractivity contribution in [2.75, 3.05) is 11.4 Å². The van der Waals surface area contributed by atoms with Crippen molar-refractivity contribution in [3.63, 3.8) is 0 Å². The summed E-state index contributed by atoms with van der Waals surface area (Å²) in [6.07, 6.45) is 1.73. The number of nitrogens with one attached hydrogen (secondary N) is 1. The largest absolute Gasteiger partial charge is 0.339 e. The minimum atomic E-state index is -0.128. The molecule has 7 heteroatoms. The Hall–Kier alpha value is -4.18. The number of anilines is 2. The highest BCUT2D eigenvalue weighted by Crippen LogP contribution is 2.40. The first-order chi connectivity index (χ1) is 15.0. The zero-order valence-electron chi connectivity index (χ0n) is 17.2. The number of hydrogen-bond donors (Lipinski definition) is 1. The Morgan fingerprint density at radius 1 is 1.03 bits per heavy atom. The number of nitrogens with zero attached hydrogens (tertiary/aromatic N) is 5. The van der Waals surface area contributed by atoms with Gasteiger partial charge in [0.25, 0.3) is 0 Å². The van der Waals surface area contributed by atoms with Gasteiger partial charge in [-0.25, -0.2) is 0 Å². The van der Waals surface area contributed by atoms with Crippen molar-refractivity contribution in [3.8, 4) is 22.9 Å². The lowest BCUT2D eigenvalue weighted by Crippen LogP contribution is -2.22. The molecule has 0 aliphatic carbocycles. The fourth-order valence-corrected chi connectivity index (χ4v) is 4.11. The van der Waals surface area contributed by atoms with Gasteiger partial charge >= 0.3 is 0 Å². The lowest BCUT2D eigenvalue weighted by atomic mass is 10.0. The molecule has 0 saturated heterocycles. The minimum Gasteiger partial charge on any atom is -0.339 e. The third-order valence-corrected chi connectivity index (χ3v) is 5.68. The van der Waals surface area contributed by atoms with E-state index in [-0.39, 0.29) is 11.5 Å². The first-order valence-electron chi connectivity index (χ1n) is 10.1. The number of aryl methyl sites for hydroxylation is 1. The normalized spacial score (nSPS) is 15.0. The van der Waals surface area contributed by atoms with Crippen LogP contribution in [0.4, 0.5) is 11.4 Å². The van der Waals surface area contributed by atoms with Crippen LogP contribution in [0.5, 0.6) is 0 Å². The molecule has 1 aliphatic rings. The molecule has 5 rings (SSSR count). The molecule has 2 aromatic carbocycles. The Bertz CT molecular complexity index is 1360. The molecule has 0 saturated carbocycles. The minimum absolute atomic E-state index is 0.128. The van der Waals surface area contributed by atoms with Crippen molar-refractivity contribution in [1.82, 2.24) is 19.7 Å². The second-order valence-corrected chi connectivity index (χ2v) is 7.76. The molecule has 4 aromatic rings. The van der Waals surface area contributed by atoms with E-state index in [2.05, 4.69) is 49.8 Å². The van der Waals surface area contributed by atoms with Gasteiger partial charge in [0.05, 0.1) is 23.0 Å². The Balaban J connectivity index is 1.73. The van der Waals surface area contributed by atoms with E-state index in [1.54, 1.807) is 6.20 Å². The topological polar surface area (TPSA) is 90.6 Å². The van der Waals surface area contributed by atoms with Crippen LogP contribution in [0.15, 0.2) is 65.6 Å². The Kier molecular flexibility index (Phi) is 4.41. The first-order valence-corrected chi connectivity index (χ1v) is 10.1. The molecule has 0 amide bonds. The molecule has 152 valence electrons. The summed E-state index contributed by atoms with van der Waals surface area (Å²) in [6.45, 7) is 4.82. The Labute approximate surface area is 179 Å². The quantitative estimate of drug-likeness (QED) is 0.540. The van der Waals surface area contributed by atoms with Gasteiger partial charge in [0.1, 0.15) is 11.6 Å². The monoisotopic (exact) mass is 408 g/mol. The van der Waals surface area contributed by atoms with Crippen LogP contribution in [0, 0.1) is 18.3 Å². The standard InChI is InChI=1S/C24H20N6O/c1-15-14-29(20-7-3-17(12-25)4-8-20)22-11-18(19-6-10-23(31)26-13-19)5-9-21(22)30-16(2)27-28-24(15)30/h3-11,13,15H,14H2,1-2H3,(H,26,31). The van der Waals surface area contributed by atoms with Gasteiger partial charge in [-0.15, -0.1) is 10.2 Å². The molecule has 0 bridgehead atoms. The molecule has 31 heavy (non-hydrogen) atoms. The van der Waals surface area contributed by atoms with E-state index in [9.17, 15) is 10.1 Å². The van der Waals surface area contributed by atoms with E-state index in [0.29, 0.717) is 12.1 Å². The van der Waals surface area contributed by atoms with Gasteiger partial charge < -0.3 is 9.88 Å². The average molecular weight is 408 g/mol. The molecule has 1 aliphatic heterocycles. The zero-order valence-corrected chi connectivity index (χ0v) is 17.2. The number of pyridine rings is 1. The van der Waals surface area contributed by atoms with E-state index in [0.717, 1.165) is 39.8 Å². The molecule has 1 N–H and O–H groups in total. The second kappa shape index (κ2) is 7.26. The van der Waals surface area contributed by atoms with Crippen molar-refractivity contribution in [3.05, 3.63) is 88.4 Å². The van der Waals surface area contributed by atoms with Crippen LogP contribution < -0.4 is 10.5 Å². The summed E-state index contributed by atoms with van der Waals surface area (Å²) in [5.74, 6) is 1.90. The van der Waals surface area contributed by atoms with E-state index in [4.69, 9.17) is 0 Å². The van der Waals surface area contributed by atoms with Gasteiger partial charge in [-0.2, -0.15) is 5.26 Å². The summed E-state index contributed by atoms with van der Waals surface area (Å²) in [6, 6.07) is 19.4. The summed E-state index contributed by atoms with van der Waals surface area (Å²) in [5.41, 5.74) is 5.44. The van der Waals surface area contributed by atoms with Crippen molar-refractivity contribution in [2.45, 2.75) is 19.8 Å². The van der Waals surface area contributed by atoms with Crippen LogP contribution in [0.1, 0.15) is 30.1 Å². The number of fused-ring (bicyclic) bond motifs is 3. The molecule has 1 unspecified atom stereocenters. The maximum Gasteiger partial charge on any atom is 0.247 e. The van der Waals surface area contributed by atoms with Gasteiger partial charge in [-0.3, -0.25) is 9.36 Å². The molecule has 2 aromatic heterocycles. The van der Waals surface area contributed by atoms with Gasteiger partial charge in [0.2, 0.25) is 5.56 Å². The van der Waals surface area contributed by atoms with E-state index < -0.39 is 0 Å². The average Bonchev–Trinajstić information content (AvgIpc) is 3.13. The maximum absolute atomic E-state index is 11.5. The lowest BCUT2D eigenvalue weighted by molar-refractivity contribution is 0.696. The number of hydrogen-bond acceptors (Lipinski definition) is 5. The molecule has 1 atom stereocenters. The molecule has 0 radical (unpaired) electrons. The van der Waals surface area contributed by atoms with Crippen molar-refractivity contribution >= 4 is 11.4 Å². The van der Waals surface area contributed by atoms with Crippen molar-refractivity contribution < 1.29 is 0 Å². The predicted molar refractivity (Wildman–Crippen MR) is 119 cm³/mol. The number of nitriles is 1. The third kappa shape index (κ3) is 3.19. The number of rotatable bonds is 2. The molecular formula is C24H20N6O. The molecular weight excluding hydrogens is 388 g/mol. The highest BCUT2D eigenvalue weighted by Gasteiger charge is 2.28. The highest BCUT2D eigenvalue weighted by molar-refractivity contribution is 5.79. The first kappa shape index (κ1) is 18.8. The van der Waals surface area contributed by atoms with E-state index >= 15 is 0 Å². The van der Waals surface area contributed by atoms with Gasteiger partial charge in [0, 0.05) is 30.4 Å². The Morgan fingerprint density at radius 3 is 2.52 bits per heavy atom. The molecule has 0 spiro atoms. The number of aromatic amines is 1. The number of H-pyrrole nitrogens is 1. The van der Waals surface area contributed by atoms with Gasteiger partial charge in [0.15, 0.2) is 0 Å². The fourth-order valence-electron chi connectivity index (χ4n) is 4.11. The summed E-state index contributed by atoms with van der Waals surface area (Å²) < 4.78 is 2.11. The fraction of sp³-hybridized carbons (Fsp3) is 0.167. The van der Waals surface area contributed by atoms with E-state index in [1.165, 1.54) is 6.07 Å². The van der Waals surface area contributed by atoms with Crippen molar-refractivity contribution in [1.29, 1.82) is 5.26 Å². The number of benzene rings is 2. The maximum atomic E-state index is 11.5. The summed E-state index contributed by atoms with van der Waals surface area (Å²) in [5, 5.41) is 17.9. The summed E-state index contributed by atoms with van der Waals surface area (Å²) >= 11 is 0. The summed E-state index contributed by atoms with van der Waals surface area (Å²) in [7, 11) is 0. The van der Waals surface area contributed by atoms with Gasteiger partial charge in [-0.05, 0) is 60.5 Å². The molecule has 3 heterocycles. The highest BCUT2D eigenvalue weighted by atomic mass is 16.1. The molecule has 7 nitrogen and oxygen atoms in total. The van der Waals surface area contributed by atoms with Gasteiger partial charge in [-0.1, -0.05) is 13.0 Å². The summed E-state index contributed by atoms with van der Waals surface area (Å²) in [4.78, 5) is 16.5. The zero-order chi connectivity index (χ0) is 21.5. The van der Waals surface area contributed by atoms with E-state index in [1.807, 2.05) is 43.3 Å². The smallest absolute Gasteiger partial charge is 0.247 e. The number of aromatic nitrogens is 4. The molecule has 0 fully saturated rings. The van der Waals surface area contributed by atoms with Crippen LogP contribution in [0.3, 0.4) is 0 Å². The van der Waals surface area contributed by atoms with Crippen LogP contribution in [0.2, 0.25) is 0 Å². The van der Waals surface area contributed by atoms with Crippen LogP contribution >= 0.6 is 0 Å². The van der Waals surface area contributed by atoms with Crippen molar-refractivity contribution in [2.24, 2.45) is 0 Å². The Morgan fingerprint density at radius 2 is 1.81 bits per heavy atom.